The minimum absolute atomic E-state index is 0.0648. The van der Waals surface area contributed by atoms with Crippen LogP contribution in [0, 0.1) is 0 Å². The molecule has 1 aliphatic heterocycles. The lowest BCUT2D eigenvalue weighted by Crippen LogP contribution is -2.31. The third-order valence-corrected chi connectivity index (χ3v) is 5.07. The van der Waals surface area contributed by atoms with E-state index < -0.39 is 10.0 Å². The minimum atomic E-state index is -3.68. The Balaban J connectivity index is 1.60. The Morgan fingerprint density at radius 2 is 1.91 bits per heavy atom. The Bertz CT molecular complexity index is 685. The molecule has 1 fully saturated rings. The van der Waals surface area contributed by atoms with Crippen LogP contribution in [0.4, 0.5) is 0 Å². The number of carbonyl (C=O) groups excluding carboxylic acids is 1. The summed E-state index contributed by atoms with van der Waals surface area (Å²) in [5.41, 5.74) is 0. The summed E-state index contributed by atoms with van der Waals surface area (Å²) in [5.74, 6) is 0.843. The molecule has 8 heteroatoms. The van der Waals surface area contributed by atoms with Gasteiger partial charge < -0.3 is 14.8 Å². The van der Waals surface area contributed by atoms with Gasteiger partial charge >= 0.3 is 0 Å². The van der Waals surface area contributed by atoms with Gasteiger partial charge in [-0.3, -0.25) is 4.79 Å². The van der Waals surface area contributed by atoms with Crippen LogP contribution in [0.1, 0.15) is 25.7 Å². The van der Waals surface area contributed by atoms with E-state index in [9.17, 15) is 13.2 Å². The molecule has 1 aromatic carbocycles. The molecule has 1 aromatic rings. The van der Waals surface area contributed by atoms with Crippen molar-refractivity contribution in [2.75, 3.05) is 19.8 Å². The minimum Gasteiger partial charge on any atom is -0.490 e. The molecule has 1 amide bonds. The highest BCUT2D eigenvalue weighted by atomic mass is 32.2. The first-order chi connectivity index (χ1) is 11.0. The quantitative estimate of drug-likeness (QED) is 0.799. The van der Waals surface area contributed by atoms with Gasteiger partial charge in [0.25, 0.3) is 0 Å². The third-order valence-electron chi connectivity index (χ3n) is 3.62. The monoisotopic (exact) mass is 340 g/mol. The van der Waals surface area contributed by atoms with Crippen molar-refractivity contribution in [3.8, 4) is 11.5 Å². The Labute approximate surface area is 135 Å². The number of benzene rings is 1. The van der Waals surface area contributed by atoms with Crippen molar-refractivity contribution < 1.29 is 22.7 Å². The standard InChI is InChI=1S/C15H20N2O5S/c18-15(17-11-2-3-11)6-7-16-23(19,20)12-4-5-13-14(10-12)22-9-1-8-21-13/h4-5,10-11,16H,1-3,6-9H2,(H,17,18). The number of rotatable bonds is 6. The molecule has 1 heterocycles. The average Bonchev–Trinajstić information content (AvgIpc) is 3.32. The molecule has 0 aromatic heterocycles. The van der Waals surface area contributed by atoms with Crippen LogP contribution < -0.4 is 19.5 Å². The van der Waals surface area contributed by atoms with Gasteiger partial charge in [0, 0.05) is 31.5 Å². The number of ether oxygens (including phenoxy) is 2. The molecule has 0 atom stereocenters. The lowest BCUT2D eigenvalue weighted by molar-refractivity contribution is -0.121. The summed E-state index contributed by atoms with van der Waals surface area (Å²) in [7, 11) is -3.68. The number of hydrogen-bond acceptors (Lipinski definition) is 5. The Hall–Kier alpha value is -1.80. The maximum absolute atomic E-state index is 12.3. The highest BCUT2D eigenvalue weighted by Crippen LogP contribution is 2.31. The summed E-state index contributed by atoms with van der Waals surface area (Å²) in [6.07, 6.45) is 2.90. The molecule has 23 heavy (non-hydrogen) atoms. The SMILES string of the molecule is O=C(CCNS(=O)(=O)c1ccc2c(c1)OCCCO2)NC1CC1. The molecule has 7 nitrogen and oxygen atoms in total. The molecule has 0 bridgehead atoms. The number of fused-ring (bicyclic) bond motifs is 1. The van der Waals surface area contributed by atoms with Gasteiger partial charge in [0.1, 0.15) is 0 Å². The zero-order valence-electron chi connectivity index (χ0n) is 12.7. The van der Waals surface area contributed by atoms with E-state index in [-0.39, 0.29) is 29.8 Å². The van der Waals surface area contributed by atoms with Crippen molar-refractivity contribution in [1.29, 1.82) is 0 Å². The van der Waals surface area contributed by atoms with Crippen molar-refractivity contribution in [3.05, 3.63) is 18.2 Å². The first-order valence-corrected chi connectivity index (χ1v) is 9.21. The summed E-state index contributed by atoms with van der Waals surface area (Å²) >= 11 is 0. The summed E-state index contributed by atoms with van der Waals surface area (Å²) < 4.78 is 38.0. The van der Waals surface area contributed by atoms with Crippen LogP contribution in [0.2, 0.25) is 0 Å². The van der Waals surface area contributed by atoms with Gasteiger partial charge in [-0.25, -0.2) is 13.1 Å². The van der Waals surface area contributed by atoms with Gasteiger partial charge in [-0.05, 0) is 25.0 Å². The average molecular weight is 340 g/mol. The Kier molecular flexibility index (Phi) is 4.72. The largest absolute Gasteiger partial charge is 0.490 e. The Morgan fingerprint density at radius 3 is 2.65 bits per heavy atom. The van der Waals surface area contributed by atoms with E-state index in [0.29, 0.717) is 24.7 Å². The van der Waals surface area contributed by atoms with E-state index >= 15 is 0 Å². The zero-order chi connectivity index (χ0) is 16.3. The van der Waals surface area contributed by atoms with Crippen LogP contribution >= 0.6 is 0 Å². The number of sulfonamides is 1. The van der Waals surface area contributed by atoms with Gasteiger partial charge in [0.15, 0.2) is 11.5 Å². The fourth-order valence-electron chi connectivity index (χ4n) is 2.22. The summed E-state index contributed by atoms with van der Waals surface area (Å²) in [6.45, 7) is 1.11. The van der Waals surface area contributed by atoms with Crippen molar-refractivity contribution in [1.82, 2.24) is 10.0 Å². The van der Waals surface area contributed by atoms with Gasteiger partial charge in [0.2, 0.25) is 15.9 Å². The number of carbonyl (C=O) groups is 1. The van der Waals surface area contributed by atoms with Gasteiger partial charge in [0.05, 0.1) is 18.1 Å². The lowest BCUT2D eigenvalue weighted by atomic mass is 10.3. The Morgan fingerprint density at radius 1 is 1.17 bits per heavy atom. The van der Waals surface area contributed by atoms with Crippen LogP contribution in [-0.2, 0) is 14.8 Å². The maximum Gasteiger partial charge on any atom is 0.240 e. The van der Waals surface area contributed by atoms with Crippen molar-refractivity contribution in [2.45, 2.75) is 36.6 Å². The van der Waals surface area contributed by atoms with Crippen LogP contribution in [0.5, 0.6) is 11.5 Å². The molecule has 0 unspecified atom stereocenters. The van der Waals surface area contributed by atoms with Crippen LogP contribution in [0.3, 0.4) is 0 Å². The number of hydrogen-bond donors (Lipinski definition) is 2. The van der Waals surface area contributed by atoms with E-state index in [2.05, 4.69) is 10.0 Å². The second-order valence-corrected chi connectivity index (χ2v) is 7.42. The summed E-state index contributed by atoms with van der Waals surface area (Å²) in [6, 6.07) is 4.79. The smallest absolute Gasteiger partial charge is 0.240 e. The molecule has 2 aliphatic rings. The molecule has 1 aliphatic carbocycles. The van der Waals surface area contributed by atoms with Crippen LogP contribution in [-0.4, -0.2) is 40.1 Å². The second-order valence-electron chi connectivity index (χ2n) is 5.65. The topological polar surface area (TPSA) is 93.7 Å². The molecule has 126 valence electrons. The highest BCUT2D eigenvalue weighted by Gasteiger charge is 2.23. The maximum atomic E-state index is 12.3. The second kappa shape index (κ2) is 6.76. The summed E-state index contributed by atoms with van der Waals surface area (Å²) in [4.78, 5) is 11.7. The summed E-state index contributed by atoms with van der Waals surface area (Å²) in [5, 5.41) is 2.82. The predicted octanol–water partition coefficient (Wildman–Crippen LogP) is 0.795. The molecule has 0 radical (unpaired) electrons. The lowest BCUT2D eigenvalue weighted by Gasteiger charge is -2.11. The molecule has 1 saturated carbocycles. The predicted molar refractivity (Wildman–Crippen MR) is 83.0 cm³/mol. The highest BCUT2D eigenvalue weighted by molar-refractivity contribution is 7.89. The van der Waals surface area contributed by atoms with E-state index in [1.165, 1.54) is 12.1 Å². The van der Waals surface area contributed by atoms with Gasteiger partial charge in [-0.1, -0.05) is 0 Å². The van der Waals surface area contributed by atoms with Crippen LogP contribution in [0.15, 0.2) is 23.1 Å². The van der Waals surface area contributed by atoms with Crippen LogP contribution in [0.25, 0.3) is 0 Å². The first kappa shape index (κ1) is 16.1. The van der Waals surface area contributed by atoms with E-state index in [4.69, 9.17) is 9.47 Å². The van der Waals surface area contributed by atoms with E-state index in [1.807, 2.05) is 0 Å². The van der Waals surface area contributed by atoms with Crippen molar-refractivity contribution in [3.63, 3.8) is 0 Å². The van der Waals surface area contributed by atoms with E-state index in [0.717, 1.165) is 19.3 Å². The third kappa shape index (κ3) is 4.35. The molecule has 2 N–H and O–H groups in total. The molecular formula is C15H20N2O5S. The molecule has 0 spiro atoms. The van der Waals surface area contributed by atoms with Gasteiger partial charge in [-0.2, -0.15) is 0 Å². The molecule has 0 saturated heterocycles. The fraction of sp³-hybridized carbons (Fsp3) is 0.533. The fourth-order valence-corrected chi connectivity index (χ4v) is 3.27. The molecule has 3 rings (SSSR count). The van der Waals surface area contributed by atoms with Crippen molar-refractivity contribution in [2.24, 2.45) is 0 Å². The first-order valence-electron chi connectivity index (χ1n) is 7.73. The van der Waals surface area contributed by atoms with Gasteiger partial charge in [-0.15, -0.1) is 0 Å². The van der Waals surface area contributed by atoms with E-state index in [1.54, 1.807) is 6.07 Å². The van der Waals surface area contributed by atoms with Crippen molar-refractivity contribution >= 4 is 15.9 Å². The normalized spacial score (nSPS) is 17.4. The number of nitrogens with one attached hydrogen (secondary N) is 2. The molecular weight excluding hydrogens is 320 g/mol. The zero-order valence-corrected chi connectivity index (χ0v) is 13.5. The number of amides is 1.